The first-order chi connectivity index (χ1) is 10.7. The van der Waals surface area contributed by atoms with Crippen LogP contribution in [0.15, 0.2) is 36.5 Å². The maximum Gasteiger partial charge on any atom is 0.270 e. The summed E-state index contributed by atoms with van der Waals surface area (Å²) in [5.41, 5.74) is 1.80. The average molecular weight is 297 g/mol. The molecule has 5 heteroatoms. The molecule has 0 aliphatic heterocycles. The molecule has 1 heterocycles. The summed E-state index contributed by atoms with van der Waals surface area (Å²) < 4.78 is 2.06. The molecule has 5 nitrogen and oxygen atoms in total. The smallest absolute Gasteiger partial charge is 0.269 e. The van der Waals surface area contributed by atoms with Gasteiger partial charge in [-0.05, 0) is 30.5 Å². The highest BCUT2D eigenvalue weighted by Gasteiger charge is 2.15. The molecule has 1 aliphatic carbocycles. The second-order valence-corrected chi connectivity index (χ2v) is 5.70. The zero-order valence-electron chi connectivity index (χ0n) is 12.4. The first-order valence-electron chi connectivity index (χ1n) is 7.70. The molecule has 0 unspecified atom stereocenters. The number of nitro benzene ring substituents is 1. The van der Waals surface area contributed by atoms with Crippen LogP contribution >= 0.6 is 0 Å². The molecule has 0 amide bonds. The Bertz CT molecular complexity index is 685. The van der Waals surface area contributed by atoms with Crippen LogP contribution in [0.5, 0.6) is 0 Å². The van der Waals surface area contributed by atoms with Crippen LogP contribution < -0.4 is 0 Å². The summed E-state index contributed by atoms with van der Waals surface area (Å²) in [6, 6.07) is 9.11. The molecule has 22 heavy (non-hydrogen) atoms. The predicted octanol–water partition coefficient (Wildman–Crippen LogP) is 4.47. The molecular formula is C17H19N3O2. The highest BCUT2D eigenvalue weighted by Crippen LogP contribution is 2.27. The SMILES string of the molecule is O=[N+]([O-])c1cccc(/C=C/c2ccn(C3CCCCC3)n2)c1. The van der Waals surface area contributed by atoms with Crippen LogP contribution in [-0.2, 0) is 0 Å². The topological polar surface area (TPSA) is 61.0 Å². The van der Waals surface area contributed by atoms with Crippen molar-refractivity contribution in [2.75, 3.05) is 0 Å². The predicted molar refractivity (Wildman–Crippen MR) is 86.4 cm³/mol. The third-order valence-corrected chi connectivity index (χ3v) is 4.11. The van der Waals surface area contributed by atoms with Crippen LogP contribution in [0, 0.1) is 10.1 Å². The monoisotopic (exact) mass is 297 g/mol. The van der Waals surface area contributed by atoms with Crippen molar-refractivity contribution in [2.24, 2.45) is 0 Å². The van der Waals surface area contributed by atoms with E-state index in [-0.39, 0.29) is 10.6 Å². The minimum atomic E-state index is -0.380. The van der Waals surface area contributed by atoms with Gasteiger partial charge < -0.3 is 0 Å². The Balaban J connectivity index is 1.71. The zero-order chi connectivity index (χ0) is 15.4. The standard InChI is InChI=1S/C17H19N3O2/c21-20(22)17-8-4-5-14(13-17)9-10-15-11-12-19(18-15)16-6-2-1-3-7-16/h4-5,8-13,16H,1-3,6-7H2/b10-9+. The lowest BCUT2D eigenvalue weighted by atomic mass is 9.96. The number of nitro groups is 1. The molecule has 1 fully saturated rings. The van der Waals surface area contributed by atoms with Crippen molar-refractivity contribution in [1.82, 2.24) is 9.78 Å². The number of nitrogens with zero attached hydrogens (tertiary/aromatic N) is 3. The maximum absolute atomic E-state index is 10.8. The molecule has 0 atom stereocenters. The highest BCUT2D eigenvalue weighted by molar-refractivity contribution is 5.68. The van der Waals surface area contributed by atoms with Crippen LogP contribution in [0.2, 0.25) is 0 Å². The second kappa shape index (κ2) is 6.56. The number of non-ortho nitro benzene ring substituents is 1. The second-order valence-electron chi connectivity index (χ2n) is 5.70. The van der Waals surface area contributed by atoms with E-state index < -0.39 is 0 Å². The Labute approximate surface area is 129 Å². The van der Waals surface area contributed by atoms with E-state index >= 15 is 0 Å². The quantitative estimate of drug-likeness (QED) is 0.618. The Hall–Kier alpha value is -2.43. The van der Waals surface area contributed by atoms with Gasteiger partial charge in [0, 0.05) is 18.3 Å². The Morgan fingerprint density at radius 2 is 2.00 bits per heavy atom. The number of aromatic nitrogens is 2. The molecule has 1 saturated carbocycles. The molecule has 1 aromatic heterocycles. The van der Waals surface area contributed by atoms with Crippen molar-refractivity contribution in [2.45, 2.75) is 38.1 Å². The van der Waals surface area contributed by atoms with Gasteiger partial charge in [0.25, 0.3) is 5.69 Å². The summed E-state index contributed by atoms with van der Waals surface area (Å²) in [6.45, 7) is 0. The molecule has 0 radical (unpaired) electrons. The van der Waals surface area contributed by atoms with Gasteiger partial charge in [0.15, 0.2) is 0 Å². The van der Waals surface area contributed by atoms with Gasteiger partial charge in [0.05, 0.1) is 16.7 Å². The molecule has 0 bridgehead atoms. The van der Waals surface area contributed by atoms with E-state index in [0.717, 1.165) is 11.3 Å². The minimum absolute atomic E-state index is 0.106. The van der Waals surface area contributed by atoms with E-state index in [0.29, 0.717) is 6.04 Å². The van der Waals surface area contributed by atoms with Crippen molar-refractivity contribution in [1.29, 1.82) is 0 Å². The third-order valence-electron chi connectivity index (χ3n) is 4.11. The highest BCUT2D eigenvalue weighted by atomic mass is 16.6. The van der Waals surface area contributed by atoms with E-state index in [1.165, 1.54) is 38.2 Å². The van der Waals surface area contributed by atoms with Crippen molar-refractivity contribution >= 4 is 17.8 Å². The number of hydrogen-bond donors (Lipinski definition) is 0. The summed E-state index contributed by atoms with van der Waals surface area (Å²) in [4.78, 5) is 10.4. The summed E-state index contributed by atoms with van der Waals surface area (Å²) in [5, 5.41) is 15.4. The molecular weight excluding hydrogens is 278 g/mol. The van der Waals surface area contributed by atoms with Crippen LogP contribution in [0.3, 0.4) is 0 Å². The maximum atomic E-state index is 10.8. The Morgan fingerprint density at radius 1 is 1.18 bits per heavy atom. The summed E-state index contributed by atoms with van der Waals surface area (Å²) in [7, 11) is 0. The molecule has 0 saturated heterocycles. The van der Waals surface area contributed by atoms with Gasteiger partial charge in [-0.15, -0.1) is 0 Å². The molecule has 1 aliphatic rings. The van der Waals surface area contributed by atoms with Crippen molar-refractivity contribution in [3.05, 3.63) is 57.9 Å². The largest absolute Gasteiger partial charge is 0.270 e. The van der Waals surface area contributed by atoms with Crippen LogP contribution in [0.1, 0.15) is 49.4 Å². The number of hydrogen-bond acceptors (Lipinski definition) is 3. The normalized spacial score (nSPS) is 16.2. The van der Waals surface area contributed by atoms with Gasteiger partial charge in [-0.25, -0.2) is 0 Å². The van der Waals surface area contributed by atoms with Gasteiger partial charge in [0.2, 0.25) is 0 Å². The van der Waals surface area contributed by atoms with Crippen molar-refractivity contribution in [3.8, 4) is 0 Å². The lowest BCUT2D eigenvalue weighted by Crippen LogP contribution is -2.13. The number of rotatable bonds is 4. The zero-order valence-corrected chi connectivity index (χ0v) is 12.4. The summed E-state index contributed by atoms with van der Waals surface area (Å²) >= 11 is 0. The van der Waals surface area contributed by atoms with E-state index in [2.05, 4.69) is 9.78 Å². The summed E-state index contributed by atoms with van der Waals surface area (Å²) in [6.07, 6.45) is 12.1. The molecule has 0 spiro atoms. The van der Waals surface area contributed by atoms with Gasteiger partial charge in [-0.2, -0.15) is 5.10 Å². The van der Waals surface area contributed by atoms with E-state index in [9.17, 15) is 10.1 Å². The average Bonchev–Trinajstić information content (AvgIpc) is 3.03. The van der Waals surface area contributed by atoms with Crippen molar-refractivity contribution in [3.63, 3.8) is 0 Å². The van der Waals surface area contributed by atoms with Crippen LogP contribution in [0.4, 0.5) is 5.69 Å². The van der Waals surface area contributed by atoms with E-state index in [4.69, 9.17) is 0 Å². The molecule has 0 N–H and O–H groups in total. The minimum Gasteiger partial charge on any atom is -0.269 e. The molecule has 3 rings (SSSR count). The van der Waals surface area contributed by atoms with Crippen LogP contribution in [0.25, 0.3) is 12.2 Å². The van der Waals surface area contributed by atoms with E-state index in [1.54, 1.807) is 12.1 Å². The summed E-state index contributed by atoms with van der Waals surface area (Å²) in [5.74, 6) is 0. The van der Waals surface area contributed by atoms with Crippen molar-refractivity contribution < 1.29 is 4.92 Å². The fourth-order valence-corrected chi connectivity index (χ4v) is 2.91. The fraction of sp³-hybridized carbons (Fsp3) is 0.353. The third kappa shape index (κ3) is 3.42. The first kappa shape index (κ1) is 14.5. The molecule has 1 aromatic carbocycles. The molecule has 2 aromatic rings. The van der Waals surface area contributed by atoms with Gasteiger partial charge in [-0.1, -0.05) is 37.5 Å². The van der Waals surface area contributed by atoms with Gasteiger partial charge in [0.1, 0.15) is 0 Å². The Morgan fingerprint density at radius 3 is 2.77 bits per heavy atom. The lowest BCUT2D eigenvalue weighted by molar-refractivity contribution is -0.384. The van der Waals surface area contributed by atoms with Gasteiger partial charge >= 0.3 is 0 Å². The Kier molecular flexibility index (Phi) is 4.32. The lowest BCUT2D eigenvalue weighted by Gasteiger charge is -2.21. The van der Waals surface area contributed by atoms with Gasteiger partial charge in [-0.3, -0.25) is 14.8 Å². The van der Waals surface area contributed by atoms with E-state index in [1.807, 2.05) is 30.5 Å². The molecule has 114 valence electrons. The number of benzene rings is 1. The van der Waals surface area contributed by atoms with Crippen LogP contribution in [-0.4, -0.2) is 14.7 Å². The first-order valence-corrected chi connectivity index (χ1v) is 7.70. The fourth-order valence-electron chi connectivity index (χ4n) is 2.91.